The summed E-state index contributed by atoms with van der Waals surface area (Å²) in [6, 6.07) is 22.4. The second-order valence-corrected chi connectivity index (χ2v) is 9.24. The number of β-amino-alcohol motifs (C(OH)–C–C–N with tert-alkyl or cyclic N) is 1. The number of ether oxygens (including phenoxy) is 2. The summed E-state index contributed by atoms with van der Waals surface area (Å²) in [6.07, 6.45) is 2.01. The van der Waals surface area contributed by atoms with Crippen molar-refractivity contribution in [2.24, 2.45) is 5.73 Å². The maximum Gasteiger partial charge on any atom is 0.248 e. The van der Waals surface area contributed by atoms with Crippen molar-refractivity contribution >= 4 is 29.2 Å². The van der Waals surface area contributed by atoms with Gasteiger partial charge in [-0.25, -0.2) is 0 Å². The van der Waals surface area contributed by atoms with Crippen LogP contribution in [-0.4, -0.2) is 40.8 Å². The van der Waals surface area contributed by atoms with E-state index in [-0.39, 0.29) is 24.6 Å². The van der Waals surface area contributed by atoms with Crippen molar-refractivity contribution in [3.05, 3.63) is 90.1 Å². The third kappa shape index (κ3) is 7.24. The van der Waals surface area contributed by atoms with E-state index in [1.54, 1.807) is 24.3 Å². The Morgan fingerprint density at radius 3 is 2.36 bits per heavy atom. The van der Waals surface area contributed by atoms with Gasteiger partial charge in [-0.2, -0.15) is 0 Å². The van der Waals surface area contributed by atoms with E-state index in [9.17, 15) is 9.90 Å². The quantitative estimate of drug-likeness (QED) is 0.231. The molecule has 36 heavy (non-hydrogen) atoms. The Morgan fingerprint density at radius 2 is 1.69 bits per heavy atom. The minimum atomic E-state index is -0.639. The minimum Gasteiger partial charge on any atom is -0.490 e. The number of hydrogen-bond donors (Lipinski definition) is 4. The van der Waals surface area contributed by atoms with Crippen molar-refractivity contribution < 1.29 is 19.4 Å². The lowest BCUT2D eigenvalue weighted by Crippen LogP contribution is -2.46. The second-order valence-electron chi connectivity index (χ2n) is 9.24. The lowest BCUT2D eigenvalue weighted by Gasteiger charge is -2.28. The molecular formula is C28H32ClN3O4. The Balaban J connectivity index is 0.00000361. The molecule has 1 atom stereocenters. The molecule has 0 saturated heterocycles. The Labute approximate surface area is 217 Å². The summed E-state index contributed by atoms with van der Waals surface area (Å²) in [7, 11) is 0. The Hall–Kier alpha value is -3.52. The molecule has 1 heterocycles. The van der Waals surface area contributed by atoms with Crippen molar-refractivity contribution in [2.45, 2.75) is 31.9 Å². The summed E-state index contributed by atoms with van der Waals surface area (Å²) in [6.45, 7) is 4.83. The summed E-state index contributed by atoms with van der Waals surface area (Å²) < 4.78 is 11.7. The number of aliphatic hydroxyl groups excluding tert-OH is 1. The number of fused-ring (bicyclic) bond motifs is 1. The summed E-state index contributed by atoms with van der Waals surface area (Å²) in [5.41, 5.74) is 7.63. The first-order valence-corrected chi connectivity index (χ1v) is 11.6. The van der Waals surface area contributed by atoms with E-state index in [0.29, 0.717) is 23.6 Å². The largest absolute Gasteiger partial charge is 0.490 e. The monoisotopic (exact) mass is 509 g/mol. The smallest absolute Gasteiger partial charge is 0.248 e. The molecule has 3 aromatic carbocycles. The average Bonchev–Trinajstić information content (AvgIpc) is 3.32. The molecule has 0 spiro atoms. The number of primary amides is 1. The zero-order valence-corrected chi connectivity index (χ0v) is 21.2. The normalized spacial score (nSPS) is 12.1. The molecule has 190 valence electrons. The summed E-state index contributed by atoms with van der Waals surface area (Å²) in [5, 5.41) is 14.9. The molecular weight excluding hydrogens is 478 g/mol. The van der Waals surface area contributed by atoms with Crippen molar-refractivity contribution in [1.29, 1.82) is 0 Å². The zero-order chi connectivity index (χ0) is 24.8. The van der Waals surface area contributed by atoms with Crippen LogP contribution in [0.15, 0.2) is 79.0 Å². The van der Waals surface area contributed by atoms with Crippen molar-refractivity contribution in [3.8, 4) is 17.2 Å². The first-order chi connectivity index (χ1) is 16.8. The van der Waals surface area contributed by atoms with Crippen LogP contribution in [0.2, 0.25) is 0 Å². The number of benzene rings is 3. The molecule has 5 N–H and O–H groups in total. The van der Waals surface area contributed by atoms with Gasteiger partial charge in [-0.15, -0.1) is 12.4 Å². The number of H-pyrrole nitrogens is 1. The van der Waals surface area contributed by atoms with Gasteiger partial charge in [-0.05, 0) is 80.4 Å². The number of carbonyl (C=O) groups excluding carboxylic acids is 1. The van der Waals surface area contributed by atoms with Crippen LogP contribution in [0.1, 0.15) is 29.8 Å². The number of halogens is 1. The maximum absolute atomic E-state index is 11.2. The number of aromatic nitrogens is 1. The van der Waals surface area contributed by atoms with Gasteiger partial charge in [-0.3, -0.25) is 4.79 Å². The van der Waals surface area contributed by atoms with Gasteiger partial charge in [0.2, 0.25) is 5.91 Å². The van der Waals surface area contributed by atoms with Crippen LogP contribution >= 0.6 is 12.4 Å². The van der Waals surface area contributed by atoms with Gasteiger partial charge >= 0.3 is 0 Å². The Kier molecular flexibility index (Phi) is 8.98. The molecule has 0 aliphatic carbocycles. The van der Waals surface area contributed by atoms with E-state index in [1.807, 2.05) is 54.7 Å². The molecule has 0 saturated carbocycles. The topological polar surface area (TPSA) is 110 Å². The lowest BCUT2D eigenvalue weighted by molar-refractivity contribution is 0.0995. The molecule has 1 aromatic heterocycles. The maximum atomic E-state index is 11.2. The highest BCUT2D eigenvalue weighted by molar-refractivity contribution is 5.92. The van der Waals surface area contributed by atoms with Crippen LogP contribution in [0.25, 0.3) is 10.9 Å². The molecule has 0 fully saturated rings. The average molecular weight is 510 g/mol. The molecule has 8 heteroatoms. The second kappa shape index (κ2) is 11.9. The first-order valence-electron chi connectivity index (χ1n) is 11.6. The van der Waals surface area contributed by atoms with Crippen molar-refractivity contribution in [2.75, 3.05) is 13.2 Å². The van der Waals surface area contributed by atoms with Gasteiger partial charge in [0.25, 0.3) is 0 Å². The van der Waals surface area contributed by atoms with Gasteiger partial charge in [0, 0.05) is 34.7 Å². The first kappa shape index (κ1) is 27.1. The van der Waals surface area contributed by atoms with E-state index in [2.05, 4.69) is 24.1 Å². The zero-order valence-electron chi connectivity index (χ0n) is 20.4. The summed E-state index contributed by atoms with van der Waals surface area (Å²) in [5.74, 6) is 1.63. The SMILES string of the molecule is CC(C)(Cc1ccc(Oc2ccc(C(N)=O)cc2)cc1)NC[C@H](O)COc1cccc2[nH]ccc12.Cl. The fourth-order valence-electron chi connectivity index (χ4n) is 3.89. The van der Waals surface area contributed by atoms with Crippen LogP contribution in [0.4, 0.5) is 0 Å². The third-order valence-corrected chi connectivity index (χ3v) is 5.75. The van der Waals surface area contributed by atoms with Gasteiger partial charge in [0.15, 0.2) is 0 Å². The van der Waals surface area contributed by atoms with Crippen molar-refractivity contribution in [1.82, 2.24) is 10.3 Å². The molecule has 0 unspecified atom stereocenters. The number of nitrogens with one attached hydrogen (secondary N) is 2. The predicted octanol–water partition coefficient (Wildman–Crippen LogP) is 4.83. The van der Waals surface area contributed by atoms with E-state index in [0.717, 1.165) is 28.6 Å². The highest BCUT2D eigenvalue weighted by atomic mass is 35.5. The van der Waals surface area contributed by atoms with E-state index < -0.39 is 12.0 Å². The molecule has 7 nitrogen and oxygen atoms in total. The molecule has 1 amide bonds. The summed E-state index contributed by atoms with van der Waals surface area (Å²) >= 11 is 0. The van der Waals surface area contributed by atoms with E-state index >= 15 is 0 Å². The lowest BCUT2D eigenvalue weighted by atomic mass is 9.94. The number of hydrogen-bond acceptors (Lipinski definition) is 5. The van der Waals surface area contributed by atoms with Crippen LogP contribution < -0.4 is 20.5 Å². The number of aliphatic hydroxyl groups is 1. The van der Waals surface area contributed by atoms with E-state index in [1.165, 1.54) is 0 Å². The molecule has 0 aliphatic heterocycles. The number of rotatable bonds is 11. The van der Waals surface area contributed by atoms with Gasteiger partial charge < -0.3 is 30.6 Å². The highest BCUT2D eigenvalue weighted by Gasteiger charge is 2.20. The van der Waals surface area contributed by atoms with Gasteiger partial charge in [0.05, 0.1) is 0 Å². The predicted molar refractivity (Wildman–Crippen MR) is 144 cm³/mol. The summed E-state index contributed by atoms with van der Waals surface area (Å²) in [4.78, 5) is 14.3. The fraction of sp³-hybridized carbons (Fsp3) is 0.250. The van der Waals surface area contributed by atoms with Crippen LogP contribution in [0.3, 0.4) is 0 Å². The number of amides is 1. The number of aromatic amines is 1. The highest BCUT2D eigenvalue weighted by Crippen LogP contribution is 2.25. The fourth-order valence-corrected chi connectivity index (χ4v) is 3.89. The number of carbonyl (C=O) groups is 1. The van der Waals surface area contributed by atoms with Gasteiger partial charge in [-0.1, -0.05) is 18.2 Å². The Bertz CT molecular complexity index is 1270. The molecule has 4 aromatic rings. The molecule has 0 aliphatic rings. The standard InChI is InChI=1S/C28H31N3O4.ClH/c1-28(2,31-17-21(32)18-34-26-5-3-4-25-24(26)14-15-30-25)16-19-6-10-22(11-7-19)35-23-12-8-20(9-13-23)27(29)33;/h3-15,21,30-32H,16-18H2,1-2H3,(H2,29,33);1H/t21-;/m0./s1. The number of nitrogens with two attached hydrogens (primary N) is 1. The van der Waals surface area contributed by atoms with Crippen LogP contribution in [-0.2, 0) is 6.42 Å². The third-order valence-electron chi connectivity index (χ3n) is 5.75. The van der Waals surface area contributed by atoms with E-state index in [4.69, 9.17) is 15.2 Å². The molecule has 4 rings (SSSR count). The van der Waals surface area contributed by atoms with Crippen LogP contribution in [0.5, 0.6) is 17.2 Å². The van der Waals surface area contributed by atoms with Crippen LogP contribution in [0, 0.1) is 0 Å². The Morgan fingerprint density at radius 1 is 1.03 bits per heavy atom. The van der Waals surface area contributed by atoms with Gasteiger partial charge in [0.1, 0.15) is 30.0 Å². The molecule has 0 bridgehead atoms. The van der Waals surface area contributed by atoms with Crippen molar-refractivity contribution in [3.63, 3.8) is 0 Å². The minimum absolute atomic E-state index is 0. The molecule has 0 radical (unpaired) electrons.